The van der Waals surface area contributed by atoms with Crippen LogP contribution in [-0.4, -0.2) is 46.3 Å². The number of primary sulfonamides is 1. The minimum Gasteiger partial charge on any atom is -0.454 e. The molecule has 1 unspecified atom stereocenters. The van der Waals surface area contributed by atoms with Crippen molar-refractivity contribution in [2.75, 3.05) is 19.9 Å². The van der Waals surface area contributed by atoms with Crippen LogP contribution in [-0.2, 0) is 20.0 Å². The molecule has 2 aliphatic heterocycles. The van der Waals surface area contributed by atoms with Gasteiger partial charge >= 0.3 is 0 Å². The highest BCUT2D eigenvalue weighted by Crippen LogP contribution is 2.35. The van der Waals surface area contributed by atoms with Crippen LogP contribution in [0, 0.1) is 0 Å². The Bertz CT molecular complexity index is 774. The van der Waals surface area contributed by atoms with Gasteiger partial charge in [-0.05, 0) is 18.6 Å². The van der Waals surface area contributed by atoms with Gasteiger partial charge in [0.15, 0.2) is 11.5 Å². The van der Waals surface area contributed by atoms with Crippen molar-refractivity contribution >= 4 is 20.0 Å². The molecule has 1 aromatic rings. The molecule has 2 N–H and O–H groups in total. The van der Waals surface area contributed by atoms with Gasteiger partial charge in [0.1, 0.15) is 0 Å². The summed E-state index contributed by atoms with van der Waals surface area (Å²) >= 11 is 0. The molecule has 0 aromatic heterocycles. The number of ether oxygens (including phenoxy) is 2. The van der Waals surface area contributed by atoms with Crippen molar-refractivity contribution in [1.29, 1.82) is 0 Å². The van der Waals surface area contributed by atoms with Crippen LogP contribution in [0.2, 0.25) is 0 Å². The summed E-state index contributed by atoms with van der Waals surface area (Å²) in [5, 5.41) is 4.21. The van der Waals surface area contributed by atoms with E-state index in [0.29, 0.717) is 11.5 Å². The monoisotopic (exact) mass is 334 g/mol. The van der Waals surface area contributed by atoms with E-state index in [-0.39, 0.29) is 31.2 Å². The Labute approximate surface area is 122 Å². The fourth-order valence-corrected chi connectivity index (χ4v) is 4.80. The molecule has 0 saturated carbocycles. The van der Waals surface area contributed by atoms with E-state index in [4.69, 9.17) is 14.6 Å². The van der Waals surface area contributed by atoms with E-state index in [1.165, 1.54) is 18.2 Å². The van der Waals surface area contributed by atoms with Crippen molar-refractivity contribution in [3.8, 4) is 11.5 Å². The van der Waals surface area contributed by atoms with Crippen LogP contribution in [0.25, 0.3) is 0 Å². The average Bonchev–Trinajstić information content (AvgIpc) is 3.06. The Morgan fingerprint density at radius 1 is 1.14 bits per heavy atom. The summed E-state index contributed by atoms with van der Waals surface area (Å²) in [6.07, 6.45) is 0.197. The third-order valence-corrected chi connectivity index (χ3v) is 6.73. The van der Waals surface area contributed by atoms with Crippen LogP contribution in [0.1, 0.15) is 6.42 Å². The number of benzene rings is 1. The maximum absolute atomic E-state index is 12.5. The molecule has 10 heteroatoms. The van der Waals surface area contributed by atoms with Crippen molar-refractivity contribution in [2.45, 2.75) is 16.6 Å². The highest BCUT2D eigenvalue weighted by Gasteiger charge is 2.37. The summed E-state index contributed by atoms with van der Waals surface area (Å²) in [6, 6.07) is 4.30. The standard InChI is InChI=1S/C11H14N2O6S2/c12-20(14,15)9-3-4-13(6-9)21(16,17)8-1-2-10-11(5-8)19-7-18-10/h1-2,5,9H,3-4,6-7H2,(H2,12,14,15). The van der Waals surface area contributed by atoms with Crippen LogP contribution < -0.4 is 14.6 Å². The normalized spacial score (nSPS) is 22.6. The molecule has 0 bridgehead atoms. The van der Waals surface area contributed by atoms with Gasteiger partial charge < -0.3 is 9.47 Å². The van der Waals surface area contributed by atoms with Gasteiger partial charge in [-0.3, -0.25) is 0 Å². The molecular formula is C11H14N2O6S2. The fourth-order valence-electron chi connectivity index (χ4n) is 2.37. The lowest BCUT2D eigenvalue weighted by Crippen LogP contribution is -2.34. The summed E-state index contributed by atoms with van der Waals surface area (Å²) < 4.78 is 59.0. The largest absolute Gasteiger partial charge is 0.454 e. The molecule has 1 aromatic carbocycles. The van der Waals surface area contributed by atoms with E-state index in [0.717, 1.165) is 4.31 Å². The highest BCUT2D eigenvalue weighted by atomic mass is 32.2. The number of hydrogen-bond donors (Lipinski definition) is 1. The van der Waals surface area contributed by atoms with Gasteiger partial charge in [-0.15, -0.1) is 0 Å². The van der Waals surface area contributed by atoms with Crippen LogP contribution in [0.3, 0.4) is 0 Å². The van der Waals surface area contributed by atoms with Crippen molar-refractivity contribution < 1.29 is 26.3 Å². The molecule has 116 valence electrons. The molecule has 0 amide bonds. The first-order valence-corrected chi connectivity index (χ1v) is 9.25. The second-order valence-corrected chi connectivity index (χ2v) is 8.66. The van der Waals surface area contributed by atoms with Gasteiger partial charge in [0.25, 0.3) is 0 Å². The van der Waals surface area contributed by atoms with Crippen LogP contribution in [0.5, 0.6) is 11.5 Å². The molecule has 1 atom stereocenters. The van der Waals surface area contributed by atoms with E-state index in [1.807, 2.05) is 0 Å². The van der Waals surface area contributed by atoms with Gasteiger partial charge in [-0.2, -0.15) is 4.31 Å². The average molecular weight is 334 g/mol. The first-order valence-electron chi connectivity index (χ1n) is 6.20. The van der Waals surface area contributed by atoms with E-state index in [9.17, 15) is 16.8 Å². The zero-order chi connectivity index (χ0) is 15.3. The number of hydrogen-bond acceptors (Lipinski definition) is 6. The second-order valence-electron chi connectivity index (χ2n) is 4.88. The molecule has 0 aliphatic carbocycles. The zero-order valence-electron chi connectivity index (χ0n) is 10.9. The van der Waals surface area contributed by atoms with Gasteiger partial charge in [0.05, 0.1) is 10.1 Å². The lowest BCUT2D eigenvalue weighted by molar-refractivity contribution is 0.174. The van der Waals surface area contributed by atoms with E-state index < -0.39 is 25.3 Å². The van der Waals surface area contributed by atoms with E-state index in [1.54, 1.807) is 0 Å². The van der Waals surface area contributed by atoms with Crippen molar-refractivity contribution in [1.82, 2.24) is 4.31 Å². The molecule has 21 heavy (non-hydrogen) atoms. The Morgan fingerprint density at radius 3 is 2.52 bits per heavy atom. The number of nitrogens with zero attached hydrogens (tertiary/aromatic N) is 1. The summed E-state index contributed by atoms with van der Waals surface area (Å²) in [4.78, 5) is 0.0434. The number of rotatable bonds is 3. The number of sulfonamides is 2. The third kappa shape index (κ3) is 2.59. The molecular weight excluding hydrogens is 320 g/mol. The smallest absolute Gasteiger partial charge is 0.243 e. The molecule has 2 heterocycles. The topological polar surface area (TPSA) is 116 Å². The Morgan fingerprint density at radius 2 is 1.86 bits per heavy atom. The Balaban J connectivity index is 1.88. The minimum atomic E-state index is -3.78. The maximum atomic E-state index is 12.5. The molecule has 8 nitrogen and oxygen atoms in total. The van der Waals surface area contributed by atoms with Gasteiger partial charge in [-0.25, -0.2) is 22.0 Å². The number of fused-ring (bicyclic) bond motifs is 1. The first kappa shape index (κ1) is 14.6. The Kier molecular flexibility index (Phi) is 3.35. The zero-order valence-corrected chi connectivity index (χ0v) is 12.6. The molecule has 3 rings (SSSR count). The van der Waals surface area contributed by atoms with Crippen LogP contribution >= 0.6 is 0 Å². The first-order chi connectivity index (χ1) is 9.78. The summed E-state index contributed by atoms with van der Waals surface area (Å²) in [7, 11) is -7.51. The number of nitrogens with two attached hydrogens (primary N) is 1. The maximum Gasteiger partial charge on any atom is 0.243 e. The van der Waals surface area contributed by atoms with Gasteiger partial charge in [-0.1, -0.05) is 0 Å². The van der Waals surface area contributed by atoms with Gasteiger partial charge in [0, 0.05) is 19.2 Å². The Hall–Kier alpha value is -1.36. The molecule has 2 aliphatic rings. The summed E-state index contributed by atoms with van der Waals surface area (Å²) in [5.41, 5.74) is 0. The predicted octanol–water partition coefficient (Wildman–Crippen LogP) is -0.533. The summed E-state index contributed by atoms with van der Waals surface area (Å²) in [5.74, 6) is 0.844. The van der Waals surface area contributed by atoms with E-state index >= 15 is 0 Å². The second kappa shape index (κ2) is 4.83. The lowest BCUT2D eigenvalue weighted by atomic mass is 10.3. The van der Waals surface area contributed by atoms with Crippen LogP contribution in [0.4, 0.5) is 0 Å². The molecule has 1 saturated heterocycles. The molecule has 0 radical (unpaired) electrons. The van der Waals surface area contributed by atoms with Crippen molar-refractivity contribution in [2.24, 2.45) is 5.14 Å². The van der Waals surface area contributed by atoms with Gasteiger partial charge in [0.2, 0.25) is 26.8 Å². The lowest BCUT2D eigenvalue weighted by Gasteiger charge is -2.16. The predicted molar refractivity (Wildman–Crippen MR) is 72.8 cm³/mol. The fraction of sp³-hybridized carbons (Fsp3) is 0.455. The molecule has 1 fully saturated rings. The third-order valence-electron chi connectivity index (χ3n) is 3.55. The van der Waals surface area contributed by atoms with Crippen LogP contribution in [0.15, 0.2) is 23.1 Å². The summed E-state index contributed by atoms with van der Waals surface area (Å²) in [6.45, 7) is 0.0452. The van der Waals surface area contributed by atoms with Crippen molar-refractivity contribution in [3.63, 3.8) is 0 Å². The SMILES string of the molecule is NS(=O)(=O)C1CCN(S(=O)(=O)c2ccc3c(c2)OCO3)C1. The van der Waals surface area contributed by atoms with Crippen molar-refractivity contribution in [3.05, 3.63) is 18.2 Å². The minimum absolute atomic E-state index is 0.0434. The highest BCUT2D eigenvalue weighted by molar-refractivity contribution is 7.90. The quantitative estimate of drug-likeness (QED) is 0.794. The van der Waals surface area contributed by atoms with E-state index in [2.05, 4.69) is 0 Å². The molecule has 0 spiro atoms.